The molecule has 0 saturated heterocycles. The molecule has 0 aliphatic rings. The smallest absolute Gasteiger partial charge is 0.322 e. The Kier molecular flexibility index (Phi) is 6.14. The number of aromatic nitrogens is 2. The average molecular weight is 401 g/mol. The second-order valence-electron chi connectivity index (χ2n) is 6.98. The van der Waals surface area contributed by atoms with E-state index in [1.807, 2.05) is 20.8 Å². The molecule has 1 N–H and O–H groups in total. The van der Waals surface area contributed by atoms with E-state index >= 15 is 0 Å². The number of benzene rings is 1. The van der Waals surface area contributed by atoms with Gasteiger partial charge in [-0.2, -0.15) is 18.3 Å². The number of hydrogen-bond acceptors (Lipinski definition) is 3. The van der Waals surface area contributed by atoms with Crippen molar-refractivity contribution in [1.82, 2.24) is 9.78 Å². The van der Waals surface area contributed by atoms with Gasteiger partial charge >= 0.3 is 6.18 Å². The zero-order valence-electron chi connectivity index (χ0n) is 15.6. The molecule has 148 valence electrons. The number of halogens is 3. The summed E-state index contributed by atoms with van der Waals surface area (Å²) in [5.41, 5.74) is -0.553. The number of nitrogens with one attached hydrogen (secondary N) is 1. The fourth-order valence-corrected chi connectivity index (χ4v) is 3.31. The van der Waals surface area contributed by atoms with E-state index < -0.39 is 38.9 Å². The molecule has 0 radical (unpaired) electrons. The summed E-state index contributed by atoms with van der Waals surface area (Å²) >= 11 is 0. The summed E-state index contributed by atoms with van der Waals surface area (Å²) in [4.78, 5) is 12.4. The number of alkyl halides is 3. The number of carbonyl (C=O) groups is 1. The maximum absolute atomic E-state index is 13.3. The Morgan fingerprint density at radius 3 is 2.48 bits per heavy atom. The van der Waals surface area contributed by atoms with Gasteiger partial charge in [0.05, 0.1) is 11.8 Å². The number of hydrogen-bond donors (Lipinski definition) is 1. The van der Waals surface area contributed by atoms with Crippen LogP contribution in [0.5, 0.6) is 0 Å². The molecule has 0 saturated carbocycles. The Morgan fingerprint density at radius 1 is 1.26 bits per heavy atom. The summed E-state index contributed by atoms with van der Waals surface area (Å²) in [6, 6.07) is 6.60. The monoisotopic (exact) mass is 401 g/mol. The molecule has 1 amide bonds. The van der Waals surface area contributed by atoms with Gasteiger partial charge in [0.2, 0.25) is 0 Å². The first-order chi connectivity index (χ1) is 12.4. The highest BCUT2D eigenvalue weighted by molar-refractivity contribution is 7.85. The lowest BCUT2D eigenvalue weighted by molar-refractivity contribution is -0.144. The van der Waals surface area contributed by atoms with Gasteiger partial charge in [0.25, 0.3) is 5.91 Å². The van der Waals surface area contributed by atoms with E-state index in [9.17, 15) is 22.2 Å². The number of nitrogens with zero attached hydrogens (tertiary/aromatic N) is 2. The van der Waals surface area contributed by atoms with Crippen LogP contribution < -0.4 is 5.32 Å². The van der Waals surface area contributed by atoms with Gasteiger partial charge in [-0.25, -0.2) is 0 Å². The van der Waals surface area contributed by atoms with Crippen LogP contribution in [0, 0.1) is 0 Å². The molecule has 2 aromatic rings. The Labute approximate surface area is 158 Å². The number of anilines is 1. The summed E-state index contributed by atoms with van der Waals surface area (Å²) in [6.45, 7) is 7.09. The van der Waals surface area contributed by atoms with Gasteiger partial charge < -0.3 is 5.32 Å². The third-order valence-corrected chi connectivity index (χ3v) is 5.78. The topological polar surface area (TPSA) is 64.0 Å². The Hall–Kier alpha value is -2.16. The highest BCUT2D eigenvalue weighted by Gasteiger charge is 2.39. The van der Waals surface area contributed by atoms with E-state index in [1.54, 1.807) is 24.3 Å². The van der Waals surface area contributed by atoms with E-state index in [0.717, 1.165) is 16.4 Å². The number of carbonyl (C=O) groups excluding carboxylic acids is 1. The summed E-state index contributed by atoms with van der Waals surface area (Å²) in [6.07, 6.45) is -3.77. The molecule has 0 aliphatic heterocycles. The summed E-state index contributed by atoms with van der Waals surface area (Å²) in [5, 5.41) is 6.11. The summed E-state index contributed by atoms with van der Waals surface area (Å²) in [5.74, 6) is -0.606. The van der Waals surface area contributed by atoms with Gasteiger partial charge in [-0.15, -0.1) is 0 Å². The molecule has 0 bridgehead atoms. The van der Waals surface area contributed by atoms with Crippen molar-refractivity contribution in [2.75, 3.05) is 5.32 Å². The van der Waals surface area contributed by atoms with Crippen LogP contribution in [-0.4, -0.2) is 24.6 Å². The van der Waals surface area contributed by atoms with Crippen LogP contribution in [0.3, 0.4) is 0 Å². The van der Waals surface area contributed by atoms with Gasteiger partial charge in [-0.05, 0) is 45.4 Å². The Morgan fingerprint density at radius 2 is 1.93 bits per heavy atom. The van der Waals surface area contributed by atoms with Crippen molar-refractivity contribution >= 4 is 22.4 Å². The molecule has 5 nitrogen and oxygen atoms in total. The SMILES string of the molecule is CCn1ncc(C(=O)Nc2cccc(CS(=O)C(C)(C)C)c2)c1C(F)(F)F. The van der Waals surface area contributed by atoms with Gasteiger partial charge in [0.15, 0.2) is 5.69 Å². The van der Waals surface area contributed by atoms with Crippen LogP contribution in [0.15, 0.2) is 30.5 Å². The minimum Gasteiger partial charge on any atom is -0.322 e. The lowest BCUT2D eigenvalue weighted by Gasteiger charge is -2.18. The maximum atomic E-state index is 13.3. The molecule has 0 spiro atoms. The van der Waals surface area contributed by atoms with Crippen molar-refractivity contribution in [3.05, 3.63) is 47.3 Å². The molecular formula is C18H22F3N3O2S. The Bertz CT molecular complexity index is 854. The van der Waals surface area contributed by atoms with E-state index in [0.29, 0.717) is 5.69 Å². The predicted octanol–water partition coefficient (Wildman–Crippen LogP) is 4.22. The molecular weight excluding hydrogens is 379 g/mol. The molecule has 0 aliphatic carbocycles. The number of amides is 1. The highest BCUT2D eigenvalue weighted by atomic mass is 32.2. The standard InChI is InChI=1S/C18H22F3N3O2S/c1-5-24-15(18(19,20)21)14(10-22-24)16(25)23-13-8-6-7-12(9-13)11-27(26)17(2,3)4/h6-10H,5,11H2,1-4H3,(H,23,25). The molecule has 2 rings (SSSR count). The van der Waals surface area contributed by atoms with Crippen LogP contribution >= 0.6 is 0 Å². The summed E-state index contributed by atoms with van der Waals surface area (Å²) < 4.78 is 52.4. The van der Waals surface area contributed by atoms with Gasteiger partial charge in [0, 0.05) is 33.5 Å². The van der Waals surface area contributed by atoms with Crippen LogP contribution in [0.2, 0.25) is 0 Å². The fourth-order valence-electron chi connectivity index (χ4n) is 2.40. The first-order valence-electron chi connectivity index (χ1n) is 8.35. The van der Waals surface area contributed by atoms with Gasteiger partial charge in [-0.1, -0.05) is 12.1 Å². The van der Waals surface area contributed by atoms with Crippen molar-refractivity contribution in [1.29, 1.82) is 0 Å². The van der Waals surface area contributed by atoms with Crippen LogP contribution in [0.4, 0.5) is 18.9 Å². The van der Waals surface area contributed by atoms with E-state index in [4.69, 9.17) is 0 Å². The molecule has 1 atom stereocenters. The molecule has 1 unspecified atom stereocenters. The third-order valence-electron chi connectivity index (χ3n) is 3.82. The van der Waals surface area contributed by atoms with Crippen LogP contribution in [0.25, 0.3) is 0 Å². The van der Waals surface area contributed by atoms with Gasteiger partial charge in [-0.3, -0.25) is 13.7 Å². The number of rotatable bonds is 5. The molecule has 1 heterocycles. The fraction of sp³-hybridized carbons (Fsp3) is 0.444. The van der Waals surface area contributed by atoms with Crippen LogP contribution in [0.1, 0.15) is 49.3 Å². The maximum Gasteiger partial charge on any atom is 0.433 e. The lowest BCUT2D eigenvalue weighted by atomic mass is 10.2. The second kappa shape index (κ2) is 7.84. The van der Waals surface area contributed by atoms with E-state index in [2.05, 4.69) is 10.4 Å². The van der Waals surface area contributed by atoms with Gasteiger partial charge in [0.1, 0.15) is 0 Å². The normalized spacial score (nSPS) is 13.4. The van der Waals surface area contributed by atoms with E-state index in [1.165, 1.54) is 6.92 Å². The largest absolute Gasteiger partial charge is 0.433 e. The highest BCUT2D eigenvalue weighted by Crippen LogP contribution is 2.32. The van der Waals surface area contributed by atoms with Crippen LogP contribution in [-0.2, 0) is 29.3 Å². The third kappa shape index (κ3) is 5.18. The van der Waals surface area contributed by atoms with Crippen molar-refractivity contribution in [2.24, 2.45) is 0 Å². The Balaban J connectivity index is 2.24. The van der Waals surface area contributed by atoms with Crippen molar-refractivity contribution in [3.8, 4) is 0 Å². The second-order valence-corrected chi connectivity index (χ2v) is 9.18. The zero-order chi connectivity index (χ0) is 20.4. The van der Waals surface area contributed by atoms with Crippen molar-refractivity contribution < 1.29 is 22.2 Å². The first kappa shape index (κ1) is 21.1. The molecule has 1 aromatic heterocycles. The van der Waals surface area contributed by atoms with Crippen molar-refractivity contribution in [2.45, 2.75) is 50.9 Å². The molecule has 9 heteroatoms. The molecule has 27 heavy (non-hydrogen) atoms. The average Bonchev–Trinajstić information content (AvgIpc) is 2.98. The van der Waals surface area contributed by atoms with Crippen molar-refractivity contribution in [3.63, 3.8) is 0 Å². The minimum absolute atomic E-state index is 0.00374. The summed E-state index contributed by atoms with van der Waals surface area (Å²) in [7, 11) is -1.13. The quantitative estimate of drug-likeness (QED) is 0.816. The lowest BCUT2D eigenvalue weighted by Crippen LogP contribution is -2.23. The first-order valence-corrected chi connectivity index (χ1v) is 9.67. The molecule has 0 fully saturated rings. The minimum atomic E-state index is -4.69. The number of aryl methyl sites for hydroxylation is 1. The predicted molar refractivity (Wildman–Crippen MR) is 98.9 cm³/mol. The molecule has 1 aromatic carbocycles. The zero-order valence-corrected chi connectivity index (χ0v) is 16.4. The van der Waals surface area contributed by atoms with E-state index in [-0.39, 0.29) is 12.3 Å².